The van der Waals surface area contributed by atoms with E-state index in [1.807, 2.05) is 6.07 Å². The molecule has 0 saturated heterocycles. The maximum atomic E-state index is 12.9. The molecule has 1 heterocycles. The van der Waals surface area contributed by atoms with E-state index in [-0.39, 0.29) is 5.92 Å². The molecule has 1 aromatic heterocycles. The molecule has 27 heavy (non-hydrogen) atoms. The summed E-state index contributed by atoms with van der Waals surface area (Å²) in [5.41, 5.74) is 2.39. The Labute approximate surface area is 158 Å². The highest BCUT2D eigenvalue weighted by atomic mass is 19.4. The number of nitrogens with zero attached hydrogens (tertiary/aromatic N) is 1. The standard InChI is InChI=1S/C21H26F3N3/c1-13(2)11-25-15(5)19-12-26-20(10-18(19)14(3)4)27-17-8-6-7-16(9-17)21(22,23)24/h6-10,12-14,25H,5,11H2,1-4H3,(H,26,27). The summed E-state index contributed by atoms with van der Waals surface area (Å²) in [4.78, 5) is 4.36. The molecule has 0 radical (unpaired) electrons. The molecule has 2 rings (SSSR count). The molecule has 0 atom stereocenters. The quantitative estimate of drug-likeness (QED) is 0.605. The zero-order valence-corrected chi connectivity index (χ0v) is 16.1. The zero-order chi connectivity index (χ0) is 20.2. The van der Waals surface area contributed by atoms with Crippen LogP contribution in [0.1, 0.15) is 50.3 Å². The lowest BCUT2D eigenvalue weighted by Crippen LogP contribution is -2.18. The van der Waals surface area contributed by atoms with Crippen LogP contribution in [0.2, 0.25) is 0 Å². The molecule has 0 fully saturated rings. The molecule has 0 unspecified atom stereocenters. The van der Waals surface area contributed by atoms with E-state index >= 15 is 0 Å². The van der Waals surface area contributed by atoms with Gasteiger partial charge in [0.2, 0.25) is 0 Å². The largest absolute Gasteiger partial charge is 0.416 e. The molecule has 0 aliphatic rings. The normalized spacial score (nSPS) is 11.7. The van der Waals surface area contributed by atoms with Crippen LogP contribution in [-0.4, -0.2) is 11.5 Å². The average Bonchev–Trinajstić information content (AvgIpc) is 2.59. The van der Waals surface area contributed by atoms with Crippen LogP contribution in [0, 0.1) is 5.92 Å². The lowest BCUT2D eigenvalue weighted by molar-refractivity contribution is -0.137. The molecule has 146 valence electrons. The first-order valence-corrected chi connectivity index (χ1v) is 8.95. The highest BCUT2D eigenvalue weighted by molar-refractivity contribution is 5.68. The van der Waals surface area contributed by atoms with Crippen LogP contribution in [0.25, 0.3) is 5.70 Å². The molecule has 2 aromatic rings. The Morgan fingerprint density at radius 3 is 2.44 bits per heavy atom. The second kappa shape index (κ2) is 8.46. The van der Waals surface area contributed by atoms with Crippen LogP contribution >= 0.6 is 0 Å². The Kier molecular flexibility index (Phi) is 6.52. The number of hydrogen-bond donors (Lipinski definition) is 2. The van der Waals surface area contributed by atoms with Crippen molar-refractivity contribution in [1.82, 2.24) is 10.3 Å². The SMILES string of the molecule is C=C(NCC(C)C)c1cnc(Nc2cccc(C(F)(F)F)c2)cc1C(C)C. The van der Waals surface area contributed by atoms with Gasteiger partial charge in [-0.25, -0.2) is 4.98 Å². The lowest BCUT2D eigenvalue weighted by atomic mass is 9.97. The smallest absolute Gasteiger partial charge is 0.385 e. The second-order valence-corrected chi connectivity index (χ2v) is 7.27. The van der Waals surface area contributed by atoms with Gasteiger partial charge in [0, 0.05) is 29.7 Å². The van der Waals surface area contributed by atoms with Crippen molar-refractivity contribution in [2.24, 2.45) is 5.92 Å². The highest BCUT2D eigenvalue weighted by Crippen LogP contribution is 2.32. The minimum Gasteiger partial charge on any atom is -0.385 e. The van der Waals surface area contributed by atoms with Crippen LogP contribution in [0.3, 0.4) is 0 Å². The summed E-state index contributed by atoms with van der Waals surface area (Å²) < 4.78 is 38.7. The van der Waals surface area contributed by atoms with Crippen molar-refractivity contribution in [2.75, 3.05) is 11.9 Å². The number of benzene rings is 1. The van der Waals surface area contributed by atoms with E-state index < -0.39 is 11.7 Å². The van der Waals surface area contributed by atoms with E-state index in [9.17, 15) is 13.2 Å². The molecule has 0 aliphatic heterocycles. The maximum absolute atomic E-state index is 12.9. The molecule has 3 nitrogen and oxygen atoms in total. The van der Waals surface area contributed by atoms with Crippen LogP contribution in [0.4, 0.5) is 24.7 Å². The molecular weight excluding hydrogens is 351 g/mol. The van der Waals surface area contributed by atoms with Gasteiger partial charge in [0.25, 0.3) is 0 Å². The molecule has 0 bridgehead atoms. The average molecular weight is 377 g/mol. The Morgan fingerprint density at radius 2 is 1.85 bits per heavy atom. The van der Waals surface area contributed by atoms with Gasteiger partial charge in [0.1, 0.15) is 5.82 Å². The van der Waals surface area contributed by atoms with Crippen LogP contribution in [-0.2, 0) is 6.18 Å². The number of alkyl halides is 3. The topological polar surface area (TPSA) is 37.0 Å². The van der Waals surface area contributed by atoms with Gasteiger partial charge in [-0.2, -0.15) is 13.2 Å². The molecule has 0 spiro atoms. The maximum Gasteiger partial charge on any atom is 0.416 e. The number of anilines is 2. The predicted molar refractivity (Wildman–Crippen MR) is 105 cm³/mol. The Morgan fingerprint density at radius 1 is 1.15 bits per heavy atom. The molecule has 0 saturated carbocycles. The predicted octanol–water partition coefficient (Wildman–Crippen LogP) is 6.18. The van der Waals surface area contributed by atoms with Gasteiger partial charge in [-0.15, -0.1) is 0 Å². The summed E-state index contributed by atoms with van der Waals surface area (Å²) in [6, 6.07) is 6.95. The van der Waals surface area contributed by atoms with Gasteiger partial charge in [0.15, 0.2) is 0 Å². The Bertz CT molecular complexity index is 795. The fraction of sp³-hybridized carbons (Fsp3) is 0.381. The summed E-state index contributed by atoms with van der Waals surface area (Å²) >= 11 is 0. The summed E-state index contributed by atoms with van der Waals surface area (Å²) in [7, 11) is 0. The van der Waals surface area contributed by atoms with Crippen molar-refractivity contribution < 1.29 is 13.2 Å². The molecule has 6 heteroatoms. The van der Waals surface area contributed by atoms with Crippen molar-refractivity contribution in [3.05, 3.63) is 59.8 Å². The van der Waals surface area contributed by atoms with Gasteiger partial charge in [-0.05, 0) is 41.7 Å². The molecule has 0 aliphatic carbocycles. The van der Waals surface area contributed by atoms with Crippen LogP contribution < -0.4 is 10.6 Å². The molecule has 0 amide bonds. The van der Waals surface area contributed by atoms with E-state index in [0.717, 1.165) is 35.5 Å². The molecular formula is C21H26F3N3. The third-order valence-corrected chi connectivity index (χ3v) is 4.07. The minimum absolute atomic E-state index is 0.211. The van der Waals surface area contributed by atoms with E-state index in [2.05, 4.69) is 49.9 Å². The van der Waals surface area contributed by atoms with Gasteiger partial charge in [-0.1, -0.05) is 40.3 Å². The van der Waals surface area contributed by atoms with Crippen LogP contribution in [0.15, 0.2) is 43.1 Å². The minimum atomic E-state index is -4.38. The summed E-state index contributed by atoms with van der Waals surface area (Å²) in [6.07, 6.45) is -2.67. The Hall–Kier alpha value is -2.50. The van der Waals surface area contributed by atoms with Gasteiger partial charge in [-0.3, -0.25) is 0 Å². The van der Waals surface area contributed by atoms with Gasteiger partial charge in [0.05, 0.1) is 5.56 Å². The van der Waals surface area contributed by atoms with Crippen molar-refractivity contribution in [2.45, 2.75) is 39.8 Å². The van der Waals surface area contributed by atoms with E-state index in [4.69, 9.17) is 0 Å². The molecule has 1 aromatic carbocycles. The van der Waals surface area contributed by atoms with Crippen molar-refractivity contribution in [1.29, 1.82) is 0 Å². The van der Waals surface area contributed by atoms with Gasteiger partial charge < -0.3 is 10.6 Å². The number of aromatic nitrogens is 1. The first-order valence-electron chi connectivity index (χ1n) is 8.95. The highest BCUT2D eigenvalue weighted by Gasteiger charge is 2.30. The summed E-state index contributed by atoms with van der Waals surface area (Å²) in [5, 5.41) is 6.27. The van der Waals surface area contributed by atoms with Crippen LogP contribution in [0.5, 0.6) is 0 Å². The number of pyridine rings is 1. The second-order valence-electron chi connectivity index (χ2n) is 7.27. The van der Waals surface area contributed by atoms with E-state index in [0.29, 0.717) is 17.4 Å². The van der Waals surface area contributed by atoms with Crippen molar-refractivity contribution >= 4 is 17.2 Å². The first-order chi connectivity index (χ1) is 12.6. The molecule has 2 N–H and O–H groups in total. The first kappa shape index (κ1) is 20.8. The van der Waals surface area contributed by atoms with Crippen molar-refractivity contribution in [3.8, 4) is 0 Å². The lowest BCUT2D eigenvalue weighted by Gasteiger charge is -2.18. The Balaban J connectivity index is 2.27. The fourth-order valence-electron chi connectivity index (χ4n) is 2.61. The summed E-state index contributed by atoms with van der Waals surface area (Å²) in [5.74, 6) is 1.19. The number of nitrogens with one attached hydrogen (secondary N) is 2. The third-order valence-electron chi connectivity index (χ3n) is 4.07. The number of hydrogen-bond acceptors (Lipinski definition) is 3. The number of halogens is 3. The van der Waals surface area contributed by atoms with E-state index in [1.54, 1.807) is 12.3 Å². The van der Waals surface area contributed by atoms with Gasteiger partial charge >= 0.3 is 6.18 Å². The third kappa shape index (κ3) is 5.74. The monoisotopic (exact) mass is 377 g/mol. The van der Waals surface area contributed by atoms with E-state index in [1.165, 1.54) is 6.07 Å². The zero-order valence-electron chi connectivity index (χ0n) is 16.1. The summed E-state index contributed by atoms with van der Waals surface area (Å²) in [6.45, 7) is 13.2. The van der Waals surface area contributed by atoms with Crippen molar-refractivity contribution in [3.63, 3.8) is 0 Å². The fourth-order valence-corrected chi connectivity index (χ4v) is 2.61. The number of rotatable bonds is 7.